The second-order valence-electron chi connectivity index (χ2n) is 6.01. The highest BCUT2D eigenvalue weighted by Crippen LogP contribution is 2.34. The topological polar surface area (TPSA) is 98.1 Å². The van der Waals surface area contributed by atoms with Crippen LogP contribution in [0.5, 0.6) is 0 Å². The molecule has 0 fully saturated rings. The van der Waals surface area contributed by atoms with Gasteiger partial charge in [-0.05, 0) is 31.2 Å². The first-order valence-corrected chi connectivity index (χ1v) is 10.3. The van der Waals surface area contributed by atoms with Gasteiger partial charge < -0.3 is 9.79 Å². The first kappa shape index (κ1) is 20.8. The minimum absolute atomic E-state index is 0.0407. The molecule has 0 saturated heterocycles. The van der Waals surface area contributed by atoms with Crippen LogP contribution in [-0.2, 0) is 15.8 Å². The molecule has 0 spiro atoms. The fourth-order valence-electron chi connectivity index (χ4n) is 2.46. The van der Waals surface area contributed by atoms with E-state index >= 15 is 0 Å². The quantitative estimate of drug-likeness (QED) is 0.231. The van der Waals surface area contributed by atoms with Crippen molar-refractivity contribution in [3.05, 3.63) is 35.9 Å². The van der Waals surface area contributed by atoms with Gasteiger partial charge in [-0.1, -0.05) is 49.6 Å². The van der Waals surface area contributed by atoms with Gasteiger partial charge in [-0.15, -0.1) is 0 Å². The van der Waals surface area contributed by atoms with Crippen LogP contribution in [0.2, 0.25) is 0 Å². The molecule has 1 amide bonds. The van der Waals surface area contributed by atoms with Crippen LogP contribution in [0.3, 0.4) is 0 Å². The number of hydrogen-bond acceptors (Lipinski definition) is 3. The van der Waals surface area contributed by atoms with Crippen LogP contribution in [0.1, 0.15) is 50.5 Å². The van der Waals surface area contributed by atoms with Gasteiger partial charge in [0.15, 0.2) is 0 Å². The highest BCUT2D eigenvalue weighted by atomic mass is 31.2. The van der Waals surface area contributed by atoms with Crippen molar-refractivity contribution in [2.24, 2.45) is 0 Å². The van der Waals surface area contributed by atoms with E-state index in [0.717, 1.165) is 38.5 Å². The Labute approximate surface area is 143 Å². The first-order valence-electron chi connectivity index (χ1n) is 8.46. The second kappa shape index (κ2) is 11.4. The van der Waals surface area contributed by atoms with Crippen molar-refractivity contribution in [1.82, 2.24) is 5.06 Å². The fraction of sp³-hybridized carbons (Fsp3) is 0.588. The lowest BCUT2D eigenvalue weighted by molar-refractivity contribution is -0.165. The summed E-state index contributed by atoms with van der Waals surface area (Å²) in [5.74, 6) is -0.384. The molecule has 6 nitrogen and oxygen atoms in total. The van der Waals surface area contributed by atoms with E-state index in [-0.39, 0.29) is 31.5 Å². The number of nitrogens with zero attached hydrogens (tertiary/aromatic N) is 1. The number of aryl methyl sites for hydroxylation is 1. The Balaban J connectivity index is 1.99. The zero-order valence-electron chi connectivity index (χ0n) is 14.0. The SMILES string of the molecule is O=C(CCCCCCCc1ccccc1)N(O)CCCP(=O)(O)O. The molecule has 0 atom stereocenters. The molecule has 7 heteroatoms. The van der Waals surface area contributed by atoms with Crippen molar-refractivity contribution in [3.8, 4) is 0 Å². The van der Waals surface area contributed by atoms with Crippen LogP contribution >= 0.6 is 7.60 Å². The minimum atomic E-state index is -4.06. The highest BCUT2D eigenvalue weighted by molar-refractivity contribution is 7.51. The van der Waals surface area contributed by atoms with E-state index in [0.29, 0.717) is 5.06 Å². The van der Waals surface area contributed by atoms with E-state index in [9.17, 15) is 14.6 Å². The Morgan fingerprint density at radius 3 is 2.25 bits per heavy atom. The van der Waals surface area contributed by atoms with Gasteiger partial charge in [0, 0.05) is 13.0 Å². The molecule has 0 heterocycles. The summed E-state index contributed by atoms with van der Waals surface area (Å²) >= 11 is 0. The molecule has 0 aromatic heterocycles. The third-order valence-corrected chi connectivity index (χ3v) is 4.70. The molecule has 0 aliphatic carbocycles. The van der Waals surface area contributed by atoms with Gasteiger partial charge in [-0.2, -0.15) is 0 Å². The summed E-state index contributed by atoms with van der Waals surface area (Å²) in [6, 6.07) is 10.3. The summed E-state index contributed by atoms with van der Waals surface area (Å²) in [4.78, 5) is 29.1. The molecular weight excluding hydrogens is 329 g/mol. The zero-order valence-corrected chi connectivity index (χ0v) is 14.9. The van der Waals surface area contributed by atoms with Crippen molar-refractivity contribution in [1.29, 1.82) is 0 Å². The molecule has 3 N–H and O–H groups in total. The van der Waals surface area contributed by atoms with Crippen LogP contribution in [0, 0.1) is 0 Å². The first-order chi connectivity index (χ1) is 11.4. The average molecular weight is 357 g/mol. The summed E-state index contributed by atoms with van der Waals surface area (Å²) in [6.07, 6.45) is 6.08. The second-order valence-corrected chi connectivity index (χ2v) is 7.79. The highest BCUT2D eigenvalue weighted by Gasteiger charge is 2.15. The lowest BCUT2D eigenvalue weighted by atomic mass is 10.0. The number of carbonyl (C=O) groups is 1. The predicted molar refractivity (Wildman–Crippen MR) is 92.9 cm³/mol. The maximum atomic E-state index is 11.7. The summed E-state index contributed by atoms with van der Waals surface area (Å²) in [7, 11) is -4.06. The van der Waals surface area contributed by atoms with Crippen LogP contribution in [0.4, 0.5) is 0 Å². The summed E-state index contributed by atoms with van der Waals surface area (Å²) in [6.45, 7) is -0.0407. The van der Waals surface area contributed by atoms with Gasteiger partial charge >= 0.3 is 7.60 Å². The number of amides is 1. The number of rotatable bonds is 12. The van der Waals surface area contributed by atoms with Crippen LogP contribution in [0.25, 0.3) is 0 Å². The Hall–Kier alpha value is -1.20. The predicted octanol–water partition coefficient (Wildman–Crippen LogP) is 3.36. The molecule has 0 aliphatic rings. The normalized spacial score (nSPS) is 11.5. The summed E-state index contributed by atoms with van der Waals surface area (Å²) < 4.78 is 10.7. The van der Waals surface area contributed by atoms with Gasteiger partial charge in [0.05, 0.1) is 6.16 Å². The van der Waals surface area contributed by atoms with Crippen molar-refractivity contribution >= 4 is 13.5 Å². The molecule has 1 aromatic carbocycles. The number of unbranched alkanes of at least 4 members (excludes halogenated alkanes) is 4. The molecule has 1 rings (SSSR count). The van der Waals surface area contributed by atoms with E-state index in [2.05, 4.69) is 12.1 Å². The Bertz CT molecular complexity index is 517. The maximum absolute atomic E-state index is 11.7. The number of hydrogen-bond donors (Lipinski definition) is 3. The third kappa shape index (κ3) is 10.6. The molecule has 0 radical (unpaired) electrons. The summed E-state index contributed by atoms with van der Waals surface area (Å²) in [5, 5.41) is 10.1. The minimum Gasteiger partial charge on any atom is -0.324 e. The molecule has 0 unspecified atom stereocenters. The fourth-order valence-corrected chi connectivity index (χ4v) is 3.01. The Kier molecular flexibility index (Phi) is 9.88. The van der Waals surface area contributed by atoms with Crippen LogP contribution in [-0.4, -0.2) is 38.7 Å². The van der Waals surface area contributed by atoms with Crippen molar-refractivity contribution in [2.75, 3.05) is 12.7 Å². The van der Waals surface area contributed by atoms with Crippen molar-refractivity contribution in [2.45, 2.75) is 51.4 Å². The molecule has 1 aromatic rings. The largest absolute Gasteiger partial charge is 0.325 e. The molecule has 0 bridgehead atoms. The lowest BCUT2D eigenvalue weighted by Gasteiger charge is -2.15. The molecular formula is C17H28NO5P. The van der Waals surface area contributed by atoms with E-state index in [4.69, 9.17) is 9.79 Å². The zero-order chi connectivity index (χ0) is 17.8. The van der Waals surface area contributed by atoms with E-state index in [1.54, 1.807) is 0 Å². The smallest absolute Gasteiger partial charge is 0.324 e. The van der Waals surface area contributed by atoms with Crippen LogP contribution in [0.15, 0.2) is 30.3 Å². The maximum Gasteiger partial charge on any atom is 0.325 e. The molecule has 136 valence electrons. The summed E-state index contributed by atoms with van der Waals surface area (Å²) in [5.41, 5.74) is 1.35. The molecule has 24 heavy (non-hydrogen) atoms. The van der Waals surface area contributed by atoms with E-state index < -0.39 is 7.60 Å². The van der Waals surface area contributed by atoms with Crippen molar-refractivity contribution in [3.63, 3.8) is 0 Å². The molecule has 0 saturated carbocycles. The van der Waals surface area contributed by atoms with E-state index in [1.165, 1.54) is 5.56 Å². The van der Waals surface area contributed by atoms with E-state index in [1.807, 2.05) is 18.2 Å². The average Bonchev–Trinajstić information content (AvgIpc) is 2.53. The third-order valence-electron chi connectivity index (χ3n) is 3.81. The van der Waals surface area contributed by atoms with Gasteiger partial charge in [0.1, 0.15) is 0 Å². The molecule has 0 aliphatic heterocycles. The number of hydroxylamine groups is 2. The van der Waals surface area contributed by atoms with Gasteiger partial charge in [-0.3, -0.25) is 14.6 Å². The Morgan fingerprint density at radius 1 is 0.958 bits per heavy atom. The van der Waals surface area contributed by atoms with Crippen LogP contribution < -0.4 is 0 Å². The van der Waals surface area contributed by atoms with Gasteiger partial charge in [-0.25, -0.2) is 5.06 Å². The van der Waals surface area contributed by atoms with Crippen molar-refractivity contribution < 1.29 is 24.4 Å². The standard InChI is InChI=1S/C17H28NO5P/c19-17(18(20)14-9-15-24(21,22)23)13-8-3-1-2-5-10-16-11-6-4-7-12-16/h4,6-7,11-12,20H,1-3,5,8-10,13-15H2,(H2,21,22,23). The number of benzene rings is 1. The number of carbonyl (C=O) groups excluding carboxylic acids is 1. The Morgan fingerprint density at radius 2 is 1.58 bits per heavy atom. The lowest BCUT2D eigenvalue weighted by Crippen LogP contribution is -2.28. The monoisotopic (exact) mass is 357 g/mol. The van der Waals surface area contributed by atoms with Gasteiger partial charge in [0.2, 0.25) is 5.91 Å². The van der Waals surface area contributed by atoms with Gasteiger partial charge in [0.25, 0.3) is 0 Å².